The van der Waals surface area contributed by atoms with Gasteiger partial charge in [0, 0.05) is 6.04 Å². The topological polar surface area (TPSA) is 49.0 Å². The minimum absolute atomic E-state index is 0.0746. The first kappa shape index (κ1) is 15.4. The molecule has 1 heterocycles. The second-order valence-corrected chi connectivity index (χ2v) is 5.99. The summed E-state index contributed by atoms with van der Waals surface area (Å²) < 4.78 is 0. The smallest absolute Gasteiger partial charge is 0.258 e. The van der Waals surface area contributed by atoms with Gasteiger partial charge in [-0.15, -0.1) is 0 Å². The summed E-state index contributed by atoms with van der Waals surface area (Å²) >= 11 is 0. The van der Waals surface area contributed by atoms with Gasteiger partial charge in [-0.2, -0.15) is 0 Å². The summed E-state index contributed by atoms with van der Waals surface area (Å²) in [7, 11) is 2.04. The molecule has 23 heavy (non-hydrogen) atoms. The molecule has 0 aliphatic carbocycles. The molecule has 1 aromatic heterocycles. The van der Waals surface area contributed by atoms with Crippen molar-refractivity contribution in [3.05, 3.63) is 75.8 Å². The maximum atomic E-state index is 12.3. The van der Waals surface area contributed by atoms with Crippen LogP contribution >= 0.6 is 0 Å². The van der Waals surface area contributed by atoms with Gasteiger partial charge in [0.25, 0.3) is 5.56 Å². The van der Waals surface area contributed by atoms with Gasteiger partial charge in [0.1, 0.15) is 5.82 Å². The normalized spacial score (nSPS) is 12.7. The van der Waals surface area contributed by atoms with Crippen LogP contribution < -0.4 is 5.56 Å². The molecule has 0 aliphatic rings. The van der Waals surface area contributed by atoms with E-state index in [4.69, 9.17) is 0 Å². The summed E-state index contributed by atoms with van der Waals surface area (Å²) in [6.45, 7) is 4.73. The van der Waals surface area contributed by atoms with Crippen LogP contribution in [0.1, 0.15) is 29.9 Å². The van der Waals surface area contributed by atoms with Crippen LogP contribution in [0, 0.1) is 6.92 Å². The second kappa shape index (κ2) is 6.34. The molecular formula is C19H21N3O. The number of hydrogen-bond donors (Lipinski definition) is 1. The van der Waals surface area contributed by atoms with Gasteiger partial charge in [0.15, 0.2) is 0 Å². The Balaban J connectivity index is 1.89. The van der Waals surface area contributed by atoms with Crippen molar-refractivity contribution in [3.8, 4) is 0 Å². The van der Waals surface area contributed by atoms with E-state index >= 15 is 0 Å². The van der Waals surface area contributed by atoms with Crippen LogP contribution in [0.5, 0.6) is 0 Å². The van der Waals surface area contributed by atoms with E-state index in [0.717, 1.165) is 11.1 Å². The van der Waals surface area contributed by atoms with Crippen LogP contribution in [0.2, 0.25) is 0 Å². The fourth-order valence-electron chi connectivity index (χ4n) is 2.79. The van der Waals surface area contributed by atoms with Crippen LogP contribution in [-0.4, -0.2) is 21.9 Å². The molecule has 0 spiro atoms. The molecule has 0 saturated heterocycles. The average molecular weight is 307 g/mol. The van der Waals surface area contributed by atoms with Crippen LogP contribution in [0.4, 0.5) is 0 Å². The van der Waals surface area contributed by atoms with Gasteiger partial charge >= 0.3 is 0 Å². The Labute approximate surface area is 135 Å². The van der Waals surface area contributed by atoms with E-state index in [9.17, 15) is 4.79 Å². The third-order valence-corrected chi connectivity index (χ3v) is 4.33. The predicted molar refractivity (Wildman–Crippen MR) is 93.4 cm³/mol. The van der Waals surface area contributed by atoms with Crippen molar-refractivity contribution in [3.63, 3.8) is 0 Å². The average Bonchev–Trinajstić information content (AvgIpc) is 2.56. The van der Waals surface area contributed by atoms with E-state index < -0.39 is 0 Å². The fraction of sp³-hybridized carbons (Fsp3) is 0.263. The quantitative estimate of drug-likeness (QED) is 0.803. The molecule has 0 fully saturated rings. The van der Waals surface area contributed by atoms with Crippen molar-refractivity contribution in [1.29, 1.82) is 0 Å². The highest BCUT2D eigenvalue weighted by atomic mass is 16.1. The molecule has 4 heteroatoms. The molecule has 0 aliphatic heterocycles. The summed E-state index contributed by atoms with van der Waals surface area (Å²) in [5.74, 6) is 0.696. The highest BCUT2D eigenvalue weighted by Gasteiger charge is 2.14. The number of hydrogen-bond acceptors (Lipinski definition) is 3. The van der Waals surface area contributed by atoms with Gasteiger partial charge in [-0.25, -0.2) is 4.98 Å². The Morgan fingerprint density at radius 1 is 1.13 bits per heavy atom. The van der Waals surface area contributed by atoms with Crippen LogP contribution in [0.15, 0.2) is 53.3 Å². The van der Waals surface area contributed by atoms with Crippen molar-refractivity contribution in [2.75, 3.05) is 7.05 Å². The van der Waals surface area contributed by atoms with E-state index in [-0.39, 0.29) is 11.6 Å². The zero-order valence-corrected chi connectivity index (χ0v) is 13.7. The highest BCUT2D eigenvalue weighted by molar-refractivity contribution is 5.80. The monoisotopic (exact) mass is 307 g/mol. The fourth-order valence-corrected chi connectivity index (χ4v) is 2.79. The van der Waals surface area contributed by atoms with Crippen LogP contribution in [0.3, 0.4) is 0 Å². The van der Waals surface area contributed by atoms with E-state index in [1.807, 2.05) is 50.4 Å². The minimum Gasteiger partial charge on any atom is -0.309 e. The number of rotatable bonds is 4. The van der Waals surface area contributed by atoms with E-state index in [1.54, 1.807) is 0 Å². The number of aryl methyl sites for hydroxylation is 1. The molecule has 0 radical (unpaired) electrons. The summed E-state index contributed by atoms with van der Waals surface area (Å²) in [5.41, 5.74) is 2.98. The lowest BCUT2D eigenvalue weighted by Gasteiger charge is -2.24. The maximum absolute atomic E-state index is 12.3. The number of nitrogens with zero attached hydrogens (tertiary/aromatic N) is 2. The number of para-hydroxylation sites is 1. The van der Waals surface area contributed by atoms with Gasteiger partial charge in [0.05, 0.1) is 17.4 Å². The maximum Gasteiger partial charge on any atom is 0.258 e. The second-order valence-electron chi connectivity index (χ2n) is 5.99. The number of H-pyrrole nitrogens is 1. The lowest BCUT2D eigenvalue weighted by Crippen LogP contribution is -2.25. The van der Waals surface area contributed by atoms with Crippen LogP contribution in [0.25, 0.3) is 10.9 Å². The van der Waals surface area contributed by atoms with Gasteiger partial charge < -0.3 is 4.98 Å². The molecule has 118 valence electrons. The molecule has 3 rings (SSSR count). The molecule has 0 bridgehead atoms. The zero-order valence-electron chi connectivity index (χ0n) is 13.7. The van der Waals surface area contributed by atoms with Gasteiger partial charge in [-0.05, 0) is 38.1 Å². The third-order valence-electron chi connectivity index (χ3n) is 4.33. The van der Waals surface area contributed by atoms with Crippen LogP contribution in [-0.2, 0) is 6.54 Å². The van der Waals surface area contributed by atoms with Gasteiger partial charge in [0.2, 0.25) is 0 Å². The van der Waals surface area contributed by atoms with Crippen molar-refractivity contribution >= 4 is 10.9 Å². The Morgan fingerprint density at radius 3 is 2.61 bits per heavy atom. The molecule has 1 N–H and O–H groups in total. The number of aromatic nitrogens is 2. The van der Waals surface area contributed by atoms with E-state index in [2.05, 4.69) is 33.9 Å². The first-order valence-corrected chi connectivity index (χ1v) is 7.80. The third kappa shape index (κ3) is 3.17. The highest BCUT2D eigenvalue weighted by Crippen LogP contribution is 2.20. The lowest BCUT2D eigenvalue weighted by atomic mass is 10.1. The Hall–Kier alpha value is -2.46. The van der Waals surface area contributed by atoms with E-state index in [1.165, 1.54) is 5.56 Å². The first-order valence-electron chi connectivity index (χ1n) is 7.80. The van der Waals surface area contributed by atoms with Gasteiger partial charge in [-0.1, -0.05) is 42.5 Å². The molecule has 1 unspecified atom stereocenters. The van der Waals surface area contributed by atoms with Crippen molar-refractivity contribution < 1.29 is 0 Å². The number of nitrogens with one attached hydrogen (secondary N) is 1. The molecule has 4 nitrogen and oxygen atoms in total. The molecule has 3 aromatic rings. The standard InChI is InChI=1S/C19H21N3O/c1-13-8-7-11-16-18(13)20-17(21-19(16)23)12-22(3)14(2)15-9-5-4-6-10-15/h4-11,14H,12H2,1-3H3,(H,20,21,23). The Morgan fingerprint density at radius 2 is 1.87 bits per heavy atom. The summed E-state index contributed by atoms with van der Waals surface area (Å²) in [6.07, 6.45) is 0. The zero-order chi connectivity index (χ0) is 16.4. The van der Waals surface area contributed by atoms with Crippen molar-refractivity contribution in [2.24, 2.45) is 0 Å². The SMILES string of the molecule is Cc1cccc2c(=O)[nH]c(CN(C)C(C)c3ccccc3)nc12. The Kier molecular flexibility index (Phi) is 4.26. The van der Waals surface area contributed by atoms with Crippen molar-refractivity contribution in [2.45, 2.75) is 26.4 Å². The van der Waals surface area contributed by atoms with Gasteiger partial charge in [-0.3, -0.25) is 9.69 Å². The van der Waals surface area contributed by atoms with E-state index in [0.29, 0.717) is 17.8 Å². The molecule has 0 saturated carbocycles. The summed E-state index contributed by atoms with van der Waals surface area (Å²) in [5, 5.41) is 0.646. The minimum atomic E-state index is -0.0746. The number of fused-ring (bicyclic) bond motifs is 1. The predicted octanol–water partition coefficient (Wildman–Crippen LogP) is 3.42. The Bertz CT molecular complexity index is 871. The molecule has 1 atom stereocenters. The largest absolute Gasteiger partial charge is 0.309 e. The summed E-state index contributed by atoms with van der Waals surface area (Å²) in [4.78, 5) is 22.0. The molecule has 0 amide bonds. The van der Waals surface area contributed by atoms with Crippen molar-refractivity contribution in [1.82, 2.24) is 14.9 Å². The lowest BCUT2D eigenvalue weighted by molar-refractivity contribution is 0.247. The number of aromatic amines is 1. The number of benzene rings is 2. The molecule has 2 aromatic carbocycles. The summed E-state index contributed by atoms with van der Waals surface area (Å²) in [6, 6.07) is 16.2. The first-order chi connectivity index (χ1) is 11.1. The molecular weight excluding hydrogens is 286 g/mol.